The number of nitrogens with zero attached hydrogens (tertiary/aromatic N) is 3. The molecule has 2 aromatic heterocycles. The highest BCUT2D eigenvalue weighted by Gasteiger charge is 2.09. The molecule has 0 aliphatic carbocycles. The maximum atomic E-state index is 12.2. The molecule has 0 aliphatic heterocycles. The number of rotatable bonds is 1. The Morgan fingerprint density at radius 3 is 2.74 bits per heavy atom. The van der Waals surface area contributed by atoms with Crippen molar-refractivity contribution in [3.63, 3.8) is 0 Å². The van der Waals surface area contributed by atoms with Gasteiger partial charge in [-0.2, -0.15) is 5.26 Å². The summed E-state index contributed by atoms with van der Waals surface area (Å²) in [7, 11) is 0. The van der Waals surface area contributed by atoms with Crippen LogP contribution in [0.3, 0.4) is 0 Å². The van der Waals surface area contributed by atoms with Gasteiger partial charge >= 0.3 is 0 Å². The molecule has 2 heterocycles. The van der Waals surface area contributed by atoms with Crippen molar-refractivity contribution < 1.29 is 0 Å². The molecule has 0 fully saturated rings. The first-order valence-electron chi connectivity index (χ1n) is 6.08. The van der Waals surface area contributed by atoms with Gasteiger partial charge in [-0.05, 0) is 17.4 Å². The third kappa shape index (κ3) is 1.59. The van der Waals surface area contributed by atoms with Crippen molar-refractivity contribution in [2.24, 2.45) is 0 Å². The molecule has 0 radical (unpaired) electrons. The van der Waals surface area contributed by atoms with Crippen LogP contribution < -0.4 is 5.56 Å². The highest BCUT2D eigenvalue weighted by atomic mass is 16.1. The van der Waals surface area contributed by atoms with E-state index in [9.17, 15) is 4.79 Å². The lowest BCUT2D eigenvalue weighted by atomic mass is 10.1. The van der Waals surface area contributed by atoms with Crippen molar-refractivity contribution in [3.8, 4) is 6.07 Å². The zero-order valence-electron chi connectivity index (χ0n) is 10.4. The van der Waals surface area contributed by atoms with E-state index in [0.29, 0.717) is 5.65 Å². The Bertz CT molecular complexity index is 887. The second kappa shape index (κ2) is 4.21. The van der Waals surface area contributed by atoms with Crippen LogP contribution in [0.15, 0.2) is 41.5 Å². The van der Waals surface area contributed by atoms with Crippen molar-refractivity contribution in [2.45, 2.75) is 13.3 Å². The molecular weight excluding hydrogens is 238 g/mol. The number of aryl methyl sites for hydroxylation is 1. The molecule has 0 saturated heterocycles. The summed E-state index contributed by atoms with van der Waals surface area (Å²) in [5, 5.41) is 10.9. The van der Waals surface area contributed by atoms with Gasteiger partial charge in [0.05, 0.1) is 6.20 Å². The molecule has 3 aromatic rings. The van der Waals surface area contributed by atoms with Gasteiger partial charge in [-0.1, -0.05) is 31.2 Å². The highest BCUT2D eigenvalue weighted by molar-refractivity contribution is 5.95. The SMILES string of the molecule is CCc1cn2c(=O)c(C#N)cnc2c2ccccc12. The molecule has 0 bridgehead atoms. The van der Waals surface area contributed by atoms with E-state index in [1.807, 2.05) is 37.3 Å². The summed E-state index contributed by atoms with van der Waals surface area (Å²) < 4.78 is 1.47. The Morgan fingerprint density at radius 2 is 2.05 bits per heavy atom. The average molecular weight is 249 g/mol. The van der Waals surface area contributed by atoms with Gasteiger partial charge < -0.3 is 0 Å². The maximum Gasteiger partial charge on any atom is 0.275 e. The van der Waals surface area contributed by atoms with Crippen molar-refractivity contribution in [3.05, 3.63) is 58.1 Å². The number of hydrogen-bond acceptors (Lipinski definition) is 3. The Balaban J connectivity index is 2.60. The predicted octanol–water partition coefficient (Wildman–Crippen LogP) is 2.28. The van der Waals surface area contributed by atoms with Crippen LogP contribution in [-0.4, -0.2) is 9.38 Å². The summed E-state index contributed by atoms with van der Waals surface area (Å²) in [4.78, 5) is 16.4. The lowest BCUT2D eigenvalue weighted by Gasteiger charge is -2.09. The molecule has 0 amide bonds. The van der Waals surface area contributed by atoms with E-state index in [4.69, 9.17) is 5.26 Å². The fourth-order valence-corrected chi connectivity index (χ4v) is 2.33. The molecule has 0 unspecified atom stereocenters. The summed E-state index contributed by atoms with van der Waals surface area (Å²) in [5.41, 5.74) is 1.42. The van der Waals surface area contributed by atoms with Gasteiger partial charge in [0.15, 0.2) is 0 Å². The maximum absolute atomic E-state index is 12.2. The summed E-state index contributed by atoms with van der Waals surface area (Å²) in [5.74, 6) is 0. The van der Waals surface area contributed by atoms with Crippen molar-refractivity contribution >= 4 is 16.4 Å². The normalized spacial score (nSPS) is 10.7. The van der Waals surface area contributed by atoms with Gasteiger partial charge in [-0.3, -0.25) is 9.20 Å². The first-order valence-corrected chi connectivity index (χ1v) is 6.08. The van der Waals surface area contributed by atoms with Gasteiger partial charge in [0.25, 0.3) is 5.56 Å². The summed E-state index contributed by atoms with van der Waals surface area (Å²) >= 11 is 0. The van der Waals surface area contributed by atoms with Crippen LogP contribution in [-0.2, 0) is 6.42 Å². The minimum atomic E-state index is -0.312. The quantitative estimate of drug-likeness (QED) is 0.622. The lowest BCUT2D eigenvalue weighted by molar-refractivity contribution is 1.01. The largest absolute Gasteiger partial charge is 0.275 e. The first kappa shape index (κ1) is 11.4. The van der Waals surface area contributed by atoms with Gasteiger partial charge in [-0.15, -0.1) is 0 Å². The average Bonchev–Trinajstić information content (AvgIpc) is 2.47. The topological polar surface area (TPSA) is 58.2 Å². The molecule has 4 heteroatoms. The number of fused-ring (bicyclic) bond motifs is 3. The van der Waals surface area contributed by atoms with Crippen LogP contribution in [0.5, 0.6) is 0 Å². The number of pyridine rings is 1. The molecule has 1 aromatic carbocycles. The Kier molecular flexibility index (Phi) is 2.53. The molecule has 0 N–H and O–H groups in total. The Morgan fingerprint density at radius 1 is 1.32 bits per heavy atom. The standard InChI is InChI=1S/C15H11N3O/c1-2-10-9-18-14(13-6-4-3-5-12(10)13)17-8-11(7-16)15(18)19/h3-6,8-9H,2H2,1H3. The van der Waals surface area contributed by atoms with Crippen LogP contribution >= 0.6 is 0 Å². The predicted molar refractivity (Wildman–Crippen MR) is 73.1 cm³/mol. The smallest absolute Gasteiger partial charge is 0.267 e. The monoisotopic (exact) mass is 249 g/mol. The fourth-order valence-electron chi connectivity index (χ4n) is 2.33. The van der Waals surface area contributed by atoms with E-state index >= 15 is 0 Å². The third-order valence-corrected chi connectivity index (χ3v) is 3.29. The van der Waals surface area contributed by atoms with E-state index in [1.165, 1.54) is 10.6 Å². The second-order valence-electron chi connectivity index (χ2n) is 4.34. The van der Waals surface area contributed by atoms with Gasteiger partial charge in [0, 0.05) is 11.6 Å². The summed E-state index contributed by atoms with van der Waals surface area (Å²) in [6.07, 6.45) is 3.95. The second-order valence-corrected chi connectivity index (χ2v) is 4.34. The fraction of sp³-hybridized carbons (Fsp3) is 0.133. The molecular formula is C15H11N3O. The van der Waals surface area contributed by atoms with E-state index < -0.39 is 0 Å². The third-order valence-electron chi connectivity index (χ3n) is 3.29. The number of nitriles is 1. The Labute approximate surface area is 109 Å². The highest BCUT2D eigenvalue weighted by Crippen LogP contribution is 2.22. The first-order chi connectivity index (χ1) is 9.26. The summed E-state index contributed by atoms with van der Waals surface area (Å²) in [6.45, 7) is 2.04. The van der Waals surface area contributed by atoms with Crippen LogP contribution in [0.2, 0.25) is 0 Å². The number of aromatic nitrogens is 2. The number of hydrogen-bond donors (Lipinski definition) is 0. The summed E-state index contributed by atoms with van der Waals surface area (Å²) in [6, 6.07) is 9.74. The molecule has 0 spiro atoms. The molecule has 0 aliphatic rings. The molecule has 0 atom stereocenters. The van der Waals surface area contributed by atoms with Crippen molar-refractivity contribution in [1.82, 2.24) is 9.38 Å². The molecule has 92 valence electrons. The molecule has 0 saturated carbocycles. The van der Waals surface area contributed by atoms with Gasteiger partial charge in [0.2, 0.25) is 0 Å². The van der Waals surface area contributed by atoms with E-state index in [0.717, 1.165) is 22.8 Å². The van der Waals surface area contributed by atoms with Gasteiger partial charge in [-0.25, -0.2) is 4.98 Å². The van der Waals surface area contributed by atoms with Crippen molar-refractivity contribution in [2.75, 3.05) is 0 Å². The molecule has 4 nitrogen and oxygen atoms in total. The van der Waals surface area contributed by atoms with E-state index in [1.54, 1.807) is 6.20 Å². The minimum Gasteiger partial charge on any atom is -0.267 e. The van der Waals surface area contributed by atoms with Crippen LogP contribution in [0.1, 0.15) is 18.1 Å². The molecule has 3 rings (SSSR count). The minimum absolute atomic E-state index is 0.0647. The number of benzene rings is 1. The van der Waals surface area contributed by atoms with E-state index in [2.05, 4.69) is 4.98 Å². The van der Waals surface area contributed by atoms with E-state index in [-0.39, 0.29) is 11.1 Å². The van der Waals surface area contributed by atoms with Crippen LogP contribution in [0.25, 0.3) is 16.4 Å². The molecule has 19 heavy (non-hydrogen) atoms. The van der Waals surface area contributed by atoms with Crippen LogP contribution in [0.4, 0.5) is 0 Å². The zero-order chi connectivity index (χ0) is 13.4. The lowest BCUT2D eigenvalue weighted by Crippen LogP contribution is -2.18. The Hall–Kier alpha value is -2.67. The van der Waals surface area contributed by atoms with Gasteiger partial charge in [0.1, 0.15) is 17.3 Å². The zero-order valence-corrected chi connectivity index (χ0v) is 10.4. The van der Waals surface area contributed by atoms with Crippen molar-refractivity contribution in [1.29, 1.82) is 5.26 Å². The van der Waals surface area contributed by atoms with Crippen LogP contribution in [0, 0.1) is 11.3 Å².